The minimum atomic E-state index is -0.927. The van der Waals surface area contributed by atoms with Crippen LogP contribution >= 0.6 is 0 Å². The van der Waals surface area contributed by atoms with Crippen molar-refractivity contribution in [1.82, 2.24) is 5.32 Å². The summed E-state index contributed by atoms with van der Waals surface area (Å²) in [5.41, 5.74) is -0.314. The van der Waals surface area contributed by atoms with Crippen molar-refractivity contribution in [3.8, 4) is 11.5 Å². The molecule has 9 heteroatoms. The molecule has 7 nitrogen and oxygen atoms in total. The van der Waals surface area contributed by atoms with Gasteiger partial charge in [0, 0.05) is 5.56 Å². The van der Waals surface area contributed by atoms with Crippen LogP contribution in [0.4, 0.5) is 8.78 Å². The van der Waals surface area contributed by atoms with E-state index >= 15 is 0 Å². The van der Waals surface area contributed by atoms with Crippen molar-refractivity contribution in [3.63, 3.8) is 0 Å². The van der Waals surface area contributed by atoms with E-state index in [1.165, 1.54) is 32.4 Å². The van der Waals surface area contributed by atoms with Gasteiger partial charge in [0.2, 0.25) is 5.78 Å². The standard InChI is InChI=1S/C19H17F2NO6/c1-26-16-6-3-11(7-17(16)27-2)19(25)22-9-18(24)28-10-15(23)13-8-12(20)4-5-14(13)21/h3-8H,9-10H2,1-2H3,(H,22,25). The van der Waals surface area contributed by atoms with E-state index in [4.69, 9.17) is 9.47 Å². The molecule has 0 bridgehead atoms. The molecule has 0 radical (unpaired) electrons. The van der Waals surface area contributed by atoms with Crippen molar-refractivity contribution in [2.45, 2.75) is 0 Å². The van der Waals surface area contributed by atoms with Gasteiger partial charge in [-0.1, -0.05) is 0 Å². The van der Waals surface area contributed by atoms with Gasteiger partial charge in [-0.05, 0) is 36.4 Å². The topological polar surface area (TPSA) is 90.9 Å². The molecule has 1 amide bonds. The molecule has 2 rings (SSSR count). The number of carbonyl (C=O) groups excluding carboxylic acids is 3. The average Bonchev–Trinajstić information content (AvgIpc) is 2.71. The van der Waals surface area contributed by atoms with Crippen molar-refractivity contribution in [2.75, 3.05) is 27.4 Å². The first-order valence-corrected chi connectivity index (χ1v) is 7.99. The van der Waals surface area contributed by atoms with Crippen LogP contribution in [0.5, 0.6) is 11.5 Å². The number of benzene rings is 2. The van der Waals surface area contributed by atoms with Gasteiger partial charge in [-0.25, -0.2) is 8.78 Å². The summed E-state index contributed by atoms with van der Waals surface area (Å²) in [7, 11) is 2.86. The van der Waals surface area contributed by atoms with Gasteiger partial charge < -0.3 is 19.5 Å². The molecule has 1 N–H and O–H groups in total. The lowest BCUT2D eigenvalue weighted by atomic mass is 10.1. The molecule has 0 spiro atoms. The molecule has 0 aliphatic heterocycles. The van der Waals surface area contributed by atoms with Gasteiger partial charge in [-0.3, -0.25) is 14.4 Å². The minimum Gasteiger partial charge on any atom is -0.493 e. The third kappa shape index (κ3) is 5.26. The number of methoxy groups -OCH3 is 2. The molecule has 0 saturated carbocycles. The Balaban J connectivity index is 1.87. The highest BCUT2D eigenvalue weighted by atomic mass is 19.1. The molecular weight excluding hydrogens is 376 g/mol. The Labute approximate surface area is 159 Å². The first-order valence-electron chi connectivity index (χ1n) is 7.99. The lowest BCUT2D eigenvalue weighted by molar-refractivity contribution is -0.141. The number of halogens is 2. The van der Waals surface area contributed by atoms with Crippen molar-refractivity contribution < 1.29 is 37.4 Å². The Hall–Kier alpha value is -3.49. The third-order valence-corrected chi connectivity index (χ3v) is 3.63. The summed E-state index contributed by atoms with van der Waals surface area (Å²) >= 11 is 0. The predicted octanol–water partition coefficient (Wildman–Crippen LogP) is 2.14. The van der Waals surface area contributed by atoms with E-state index in [1.807, 2.05) is 0 Å². The van der Waals surface area contributed by atoms with Crippen LogP contribution in [0.15, 0.2) is 36.4 Å². The van der Waals surface area contributed by atoms with Crippen LogP contribution in [-0.4, -0.2) is 45.0 Å². The molecule has 0 aliphatic rings. The molecule has 2 aromatic carbocycles. The van der Waals surface area contributed by atoms with Gasteiger partial charge >= 0.3 is 5.97 Å². The lowest BCUT2D eigenvalue weighted by Crippen LogP contribution is -2.31. The Bertz CT molecular complexity index is 900. The quantitative estimate of drug-likeness (QED) is 0.546. The van der Waals surface area contributed by atoms with Gasteiger partial charge in [0.25, 0.3) is 5.91 Å². The maximum atomic E-state index is 13.5. The summed E-state index contributed by atoms with van der Waals surface area (Å²) in [5, 5.41) is 2.32. The fraction of sp³-hybridized carbons (Fsp3) is 0.211. The average molecular weight is 393 g/mol. The zero-order valence-electron chi connectivity index (χ0n) is 15.1. The van der Waals surface area contributed by atoms with Gasteiger partial charge in [0.15, 0.2) is 18.1 Å². The molecule has 148 valence electrons. The third-order valence-electron chi connectivity index (χ3n) is 3.63. The van der Waals surface area contributed by atoms with E-state index in [2.05, 4.69) is 10.1 Å². The normalized spacial score (nSPS) is 10.1. The van der Waals surface area contributed by atoms with Gasteiger partial charge in [0.05, 0.1) is 19.8 Å². The lowest BCUT2D eigenvalue weighted by Gasteiger charge is -2.10. The van der Waals surface area contributed by atoms with E-state index in [0.717, 1.165) is 12.1 Å². The maximum absolute atomic E-state index is 13.5. The van der Waals surface area contributed by atoms with E-state index in [0.29, 0.717) is 17.6 Å². The summed E-state index contributed by atoms with van der Waals surface area (Å²) < 4.78 is 41.4. The van der Waals surface area contributed by atoms with Crippen LogP contribution in [0, 0.1) is 11.6 Å². The smallest absolute Gasteiger partial charge is 0.325 e. The zero-order chi connectivity index (χ0) is 20.7. The van der Waals surface area contributed by atoms with Crippen LogP contribution in [0.3, 0.4) is 0 Å². The van der Waals surface area contributed by atoms with Crippen molar-refractivity contribution >= 4 is 17.7 Å². The molecule has 0 aromatic heterocycles. The van der Waals surface area contributed by atoms with Crippen molar-refractivity contribution in [1.29, 1.82) is 0 Å². The monoisotopic (exact) mass is 393 g/mol. The van der Waals surface area contributed by atoms with E-state index in [1.54, 1.807) is 0 Å². The van der Waals surface area contributed by atoms with Crippen molar-refractivity contribution in [3.05, 3.63) is 59.2 Å². The summed E-state index contributed by atoms with van der Waals surface area (Å²) in [4.78, 5) is 35.6. The number of hydrogen-bond acceptors (Lipinski definition) is 6. The number of rotatable bonds is 8. The van der Waals surface area contributed by atoms with Crippen LogP contribution < -0.4 is 14.8 Å². The Morgan fingerprint density at radius 1 is 0.964 bits per heavy atom. The van der Waals surface area contributed by atoms with Crippen LogP contribution in [0.1, 0.15) is 20.7 Å². The van der Waals surface area contributed by atoms with Crippen LogP contribution in [0.25, 0.3) is 0 Å². The Morgan fingerprint density at radius 3 is 2.36 bits per heavy atom. The number of Topliss-reactive ketones (excluding diaryl/α,β-unsaturated/α-hetero) is 1. The molecule has 0 atom stereocenters. The minimum absolute atomic E-state index is 0.211. The number of carbonyl (C=O) groups is 3. The molecule has 0 aliphatic carbocycles. The largest absolute Gasteiger partial charge is 0.493 e. The molecule has 0 saturated heterocycles. The highest BCUT2D eigenvalue weighted by Crippen LogP contribution is 2.27. The first kappa shape index (κ1) is 20.8. The molecule has 2 aromatic rings. The van der Waals surface area contributed by atoms with Crippen molar-refractivity contribution in [2.24, 2.45) is 0 Å². The SMILES string of the molecule is COc1ccc(C(=O)NCC(=O)OCC(=O)c2cc(F)ccc2F)cc1OC. The second kappa shape index (κ2) is 9.45. The summed E-state index contributed by atoms with van der Waals surface area (Å²) in [6.45, 7) is -1.31. The van der Waals surface area contributed by atoms with E-state index in [9.17, 15) is 23.2 Å². The van der Waals surface area contributed by atoms with Crippen LogP contribution in [-0.2, 0) is 9.53 Å². The highest BCUT2D eigenvalue weighted by molar-refractivity contribution is 5.99. The number of amides is 1. The molecule has 0 fully saturated rings. The number of hydrogen-bond donors (Lipinski definition) is 1. The zero-order valence-corrected chi connectivity index (χ0v) is 15.1. The molecule has 28 heavy (non-hydrogen) atoms. The fourth-order valence-corrected chi connectivity index (χ4v) is 2.22. The molecule has 0 heterocycles. The fourth-order valence-electron chi connectivity index (χ4n) is 2.22. The number of ether oxygens (including phenoxy) is 3. The van der Waals surface area contributed by atoms with Gasteiger partial charge in [0.1, 0.15) is 18.2 Å². The highest BCUT2D eigenvalue weighted by Gasteiger charge is 2.16. The van der Waals surface area contributed by atoms with Crippen LogP contribution in [0.2, 0.25) is 0 Å². The summed E-state index contributed by atoms with van der Waals surface area (Å²) in [6.07, 6.45) is 0. The first-order chi connectivity index (χ1) is 13.3. The number of esters is 1. The number of ketones is 1. The van der Waals surface area contributed by atoms with E-state index < -0.39 is 48.0 Å². The maximum Gasteiger partial charge on any atom is 0.325 e. The summed E-state index contributed by atoms with van der Waals surface area (Å²) in [5.74, 6) is -3.36. The predicted molar refractivity (Wildman–Crippen MR) is 93.5 cm³/mol. The Kier molecular flexibility index (Phi) is 7.02. The number of nitrogens with one attached hydrogen (secondary N) is 1. The van der Waals surface area contributed by atoms with Gasteiger partial charge in [-0.15, -0.1) is 0 Å². The second-order valence-electron chi connectivity index (χ2n) is 5.46. The van der Waals surface area contributed by atoms with E-state index in [-0.39, 0.29) is 5.56 Å². The van der Waals surface area contributed by atoms with Gasteiger partial charge in [-0.2, -0.15) is 0 Å². The Morgan fingerprint density at radius 2 is 1.68 bits per heavy atom. The molecule has 0 unspecified atom stereocenters. The summed E-state index contributed by atoms with van der Waals surface area (Å²) in [6, 6.07) is 6.80. The second-order valence-corrected chi connectivity index (χ2v) is 5.46. The molecular formula is C19H17F2NO6.